The summed E-state index contributed by atoms with van der Waals surface area (Å²) in [6.45, 7) is 2.02. The number of likely N-dealkylation sites (tertiary alicyclic amines) is 1. The third-order valence-corrected chi connectivity index (χ3v) is 4.26. The largest absolute Gasteiger partial charge is 0.342 e. The number of amides is 1. The van der Waals surface area contributed by atoms with E-state index in [1.165, 1.54) is 25.7 Å². The zero-order chi connectivity index (χ0) is 10.3. The van der Waals surface area contributed by atoms with Crippen LogP contribution in [0.15, 0.2) is 12.2 Å². The van der Waals surface area contributed by atoms with E-state index < -0.39 is 0 Å². The highest BCUT2D eigenvalue weighted by Crippen LogP contribution is 2.44. The molecule has 2 nitrogen and oxygen atoms in total. The van der Waals surface area contributed by atoms with Crippen LogP contribution in [0.2, 0.25) is 0 Å². The highest BCUT2D eigenvalue weighted by atomic mass is 16.2. The van der Waals surface area contributed by atoms with Crippen molar-refractivity contribution >= 4 is 5.91 Å². The Hall–Kier alpha value is -0.790. The summed E-state index contributed by atoms with van der Waals surface area (Å²) in [7, 11) is 0. The monoisotopic (exact) mass is 205 g/mol. The zero-order valence-electron chi connectivity index (χ0n) is 9.19. The van der Waals surface area contributed by atoms with Crippen LogP contribution < -0.4 is 0 Å². The Balaban J connectivity index is 1.67. The van der Waals surface area contributed by atoms with Gasteiger partial charge < -0.3 is 4.90 Å². The maximum absolute atomic E-state index is 12.3. The molecule has 0 aromatic heterocycles. The Kier molecular flexibility index (Phi) is 2.30. The molecule has 1 saturated carbocycles. The molecular formula is C13H19NO. The van der Waals surface area contributed by atoms with Gasteiger partial charge in [-0.2, -0.15) is 0 Å². The molecule has 2 aliphatic carbocycles. The second kappa shape index (κ2) is 3.66. The Bertz CT molecular complexity index is 291. The maximum Gasteiger partial charge on any atom is 0.226 e. The first-order valence-electron chi connectivity index (χ1n) is 6.32. The summed E-state index contributed by atoms with van der Waals surface area (Å²) >= 11 is 0. The minimum Gasteiger partial charge on any atom is -0.342 e. The van der Waals surface area contributed by atoms with Crippen LogP contribution in [0, 0.1) is 17.8 Å². The van der Waals surface area contributed by atoms with Crippen LogP contribution >= 0.6 is 0 Å². The molecule has 3 aliphatic rings. The fraction of sp³-hybridized carbons (Fsp3) is 0.769. The summed E-state index contributed by atoms with van der Waals surface area (Å²) in [6, 6.07) is 0. The smallest absolute Gasteiger partial charge is 0.226 e. The summed E-state index contributed by atoms with van der Waals surface area (Å²) in [5.41, 5.74) is 0. The lowest BCUT2D eigenvalue weighted by Crippen LogP contribution is -2.40. The van der Waals surface area contributed by atoms with Gasteiger partial charge in [-0.1, -0.05) is 12.2 Å². The van der Waals surface area contributed by atoms with Crippen LogP contribution in [-0.4, -0.2) is 23.9 Å². The van der Waals surface area contributed by atoms with Crippen LogP contribution in [0.3, 0.4) is 0 Å². The lowest BCUT2D eigenvalue weighted by Gasteiger charge is -2.31. The van der Waals surface area contributed by atoms with Crippen LogP contribution in [0.5, 0.6) is 0 Å². The summed E-state index contributed by atoms with van der Waals surface area (Å²) in [6.07, 6.45) is 10.7. The van der Waals surface area contributed by atoms with Crippen molar-refractivity contribution in [3.8, 4) is 0 Å². The molecule has 1 saturated heterocycles. The van der Waals surface area contributed by atoms with Crippen molar-refractivity contribution in [3.05, 3.63) is 12.2 Å². The van der Waals surface area contributed by atoms with Crippen molar-refractivity contribution in [2.45, 2.75) is 32.1 Å². The average Bonchev–Trinajstić information content (AvgIpc) is 2.91. The molecule has 15 heavy (non-hydrogen) atoms. The summed E-state index contributed by atoms with van der Waals surface area (Å²) in [5.74, 6) is 2.07. The van der Waals surface area contributed by atoms with Crippen molar-refractivity contribution in [3.63, 3.8) is 0 Å². The zero-order valence-corrected chi connectivity index (χ0v) is 9.19. The molecule has 3 rings (SSSR count). The number of carbonyl (C=O) groups excluding carboxylic acids is 1. The number of hydrogen-bond acceptors (Lipinski definition) is 1. The molecule has 0 N–H and O–H groups in total. The molecule has 2 bridgehead atoms. The van der Waals surface area contributed by atoms with Gasteiger partial charge in [-0.05, 0) is 43.9 Å². The number of nitrogens with zero attached hydrogens (tertiary/aromatic N) is 1. The van der Waals surface area contributed by atoms with Gasteiger partial charge in [0.1, 0.15) is 0 Å². The third-order valence-electron chi connectivity index (χ3n) is 4.26. The molecule has 3 unspecified atom stereocenters. The SMILES string of the molecule is O=C(C1CC2C=CC1C2)N1CCCCC1. The van der Waals surface area contributed by atoms with Gasteiger partial charge in [0.25, 0.3) is 0 Å². The first-order valence-corrected chi connectivity index (χ1v) is 6.32. The van der Waals surface area contributed by atoms with E-state index in [1.807, 2.05) is 0 Å². The second-order valence-corrected chi connectivity index (χ2v) is 5.27. The third kappa shape index (κ3) is 1.60. The van der Waals surface area contributed by atoms with E-state index in [9.17, 15) is 4.79 Å². The molecule has 2 heteroatoms. The van der Waals surface area contributed by atoms with Crippen LogP contribution in [-0.2, 0) is 4.79 Å². The Morgan fingerprint density at radius 3 is 2.47 bits per heavy atom. The molecule has 1 amide bonds. The standard InChI is InChI=1S/C13H19NO/c15-13(14-6-2-1-3-7-14)12-9-10-4-5-11(12)8-10/h4-5,10-12H,1-3,6-9H2. The van der Waals surface area contributed by atoms with E-state index in [0.29, 0.717) is 23.7 Å². The normalized spacial score (nSPS) is 38.7. The number of piperidine rings is 1. The fourth-order valence-electron chi connectivity index (χ4n) is 3.41. The molecule has 0 spiro atoms. The van der Waals surface area contributed by atoms with E-state index in [4.69, 9.17) is 0 Å². The number of allylic oxidation sites excluding steroid dienone is 2. The number of rotatable bonds is 1. The highest BCUT2D eigenvalue weighted by Gasteiger charge is 2.41. The first-order chi connectivity index (χ1) is 7.34. The second-order valence-electron chi connectivity index (χ2n) is 5.27. The minimum atomic E-state index is 0.332. The molecule has 3 atom stereocenters. The van der Waals surface area contributed by atoms with Crippen molar-refractivity contribution in [2.24, 2.45) is 17.8 Å². The molecule has 2 fully saturated rings. The van der Waals surface area contributed by atoms with Gasteiger partial charge in [0, 0.05) is 19.0 Å². The van der Waals surface area contributed by atoms with Gasteiger partial charge in [-0.25, -0.2) is 0 Å². The Morgan fingerprint density at radius 2 is 1.87 bits per heavy atom. The van der Waals surface area contributed by atoms with E-state index in [-0.39, 0.29) is 0 Å². The van der Waals surface area contributed by atoms with E-state index in [1.54, 1.807) is 0 Å². The van der Waals surface area contributed by atoms with Gasteiger partial charge in [0.15, 0.2) is 0 Å². The minimum absolute atomic E-state index is 0.332. The molecule has 82 valence electrons. The fourth-order valence-corrected chi connectivity index (χ4v) is 3.41. The average molecular weight is 205 g/mol. The van der Waals surface area contributed by atoms with Crippen molar-refractivity contribution in [1.29, 1.82) is 0 Å². The van der Waals surface area contributed by atoms with Gasteiger partial charge in [0.05, 0.1) is 0 Å². The predicted molar refractivity (Wildman–Crippen MR) is 59.3 cm³/mol. The molecular weight excluding hydrogens is 186 g/mol. The van der Waals surface area contributed by atoms with Crippen LogP contribution in [0.4, 0.5) is 0 Å². The van der Waals surface area contributed by atoms with Gasteiger partial charge >= 0.3 is 0 Å². The van der Waals surface area contributed by atoms with E-state index >= 15 is 0 Å². The maximum atomic E-state index is 12.3. The Labute approximate surface area is 91.3 Å². The van der Waals surface area contributed by atoms with Crippen molar-refractivity contribution in [2.75, 3.05) is 13.1 Å². The molecule has 0 aromatic carbocycles. The van der Waals surface area contributed by atoms with Crippen LogP contribution in [0.25, 0.3) is 0 Å². The van der Waals surface area contributed by atoms with Crippen molar-refractivity contribution < 1.29 is 4.79 Å². The Morgan fingerprint density at radius 1 is 1.07 bits per heavy atom. The first kappa shape index (κ1) is 9.44. The molecule has 0 aromatic rings. The highest BCUT2D eigenvalue weighted by molar-refractivity contribution is 5.80. The lowest BCUT2D eigenvalue weighted by atomic mass is 9.91. The number of carbonyl (C=O) groups is 1. The topological polar surface area (TPSA) is 20.3 Å². The lowest BCUT2D eigenvalue weighted by molar-refractivity contribution is -0.137. The van der Waals surface area contributed by atoms with Gasteiger partial charge in [-0.15, -0.1) is 0 Å². The van der Waals surface area contributed by atoms with Crippen LogP contribution in [0.1, 0.15) is 32.1 Å². The van der Waals surface area contributed by atoms with Gasteiger partial charge in [-0.3, -0.25) is 4.79 Å². The summed E-state index contributed by atoms with van der Waals surface area (Å²) in [4.78, 5) is 14.4. The molecule has 0 radical (unpaired) electrons. The van der Waals surface area contributed by atoms with E-state index in [0.717, 1.165) is 19.5 Å². The van der Waals surface area contributed by atoms with Gasteiger partial charge in [0.2, 0.25) is 5.91 Å². The molecule has 1 aliphatic heterocycles. The summed E-state index contributed by atoms with van der Waals surface area (Å²) < 4.78 is 0. The van der Waals surface area contributed by atoms with Crippen molar-refractivity contribution in [1.82, 2.24) is 4.90 Å². The number of fused-ring (bicyclic) bond motifs is 2. The quantitative estimate of drug-likeness (QED) is 0.601. The summed E-state index contributed by atoms with van der Waals surface area (Å²) in [5, 5.41) is 0. The number of hydrogen-bond donors (Lipinski definition) is 0. The molecule has 1 heterocycles. The van der Waals surface area contributed by atoms with E-state index in [2.05, 4.69) is 17.1 Å². The predicted octanol–water partition coefficient (Wildman–Crippen LogP) is 2.21.